The van der Waals surface area contributed by atoms with Crippen molar-refractivity contribution in [1.29, 1.82) is 0 Å². The molecule has 5 unspecified atom stereocenters. The second-order valence-electron chi connectivity index (χ2n) is 17.1. The molecule has 29 atom stereocenters. The summed E-state index contributed by atoms with van der Waals surface area (Å²) in [5, 5.41) is 187. The predicted octanol–water partition coefficient (Wildman–Crippen LogP) is -12.4. The van der Waals surface area contributed by atoms with Gasteiger partial charge in [0.15, 0.2) is 37.7 Å². The molecule has 6 aliphatic rings. The van der Waals surface area contributed by atoms with Crippen molar-refractivity contribution in [3.8, 4) is 0 Å². The average Bonchev–Trinajstić information content (AvgIpc) is 3.31. The molecule has 0 aromatic carbocycles. The van der Waals surface area contributed by atoms with Crippen LogP contribution < -0.4 is 0 Å². The van der Waals surface area contributed by atoms with Gasteiger partial charge in [-0.2, -0.15) is 0 Å². The van der Waals surface area contributed by atoms with Crippen molar-refractivity contribution < 1.29 is 149 Å². The Bertz CT molecular complexity index is 1490. The van der Waals surface area contributed by atoms with E-state index < -0.39 is 218 Å². The molecule has 0 amide bonds. The first-order chi connectivity index (χ1) is 31.7. The van der Waals surface area contributed by atoms with Crippen LogP contribution in [0, 0.1) is 0 Å². The summed E-state index contributed by atoms with van der Waals surface area (Å²) in [4.78, 5) is 0. The molecule has 6 saturated heterocycles. The van der Waals surface area contributed by atoms with Crippen LogP contribution in [0.2, 0.25) is 0 Å². The number of ether oxygens (including phenoxy) is 12. The lowest BCUT2D eigenvalue weighted by Gasteiger charge is -2.44. The zero-order valence-corrected chi connectivity index (χ0v) is 35.6. The van der Waals surface area contributed by atoms with Crippen molar-refractivity contribution >= 4 is 0 Å². The SMILES string of the molecule is CO[C@H]1OC(CO[C@@H]2OC(CO[C@@H]3OC(CO[C@@H]4OC(CO[C@@H]5OC(CO[C@@H]6O[C@H](CO)[C@@H](O)[C@H](O)[C@H]6O)[C@@H](O)[C@H](O)[C@H]5O)[C@@H](O)[C@H](O)[C@H]4O)[C@@H](O)[C@H](O)[C@H]3O)[C@@H](O)C[C@H]2O)[C@@H](O)[C@H](O)[C@H]1O. The number of aliphatic hydroxyl groups excluding tert-OH is 18. The summed E-state index contributed by atoms with van der Waals surface area (Å²) in [7, 11) is 1.20. The summed E-state index contributed by atoms with van der Waals surface area (Å²) in [5.74, 6) is 0. The molecule has 6 rings (SSSR count). The number of methoxy groups -OCH3 is 1. The highest BCUT2D eigenvalue weighted by Gasteiger charge is 2.52. The Balaban J connectivity index is 0.998. The fourth-order valence-electron chi connectivity index (χ4n) is 8.14. The fraction of sp³-hybridized carbons (Fsp3) is 1.00. The van der Waals surface area contributed by atoms with Crippen molar-refractivity contribution in [2.45, 2.75) is 185 Å². The normalized spacial score (nSPS) is 52.3. The van der Waals surface area contributed by atoms with Crippen LogP contribution in [0.25, 0.3) is 0 Å². The summed E-state index contributed by atoms with van der Waals surface area (Å²) in [6.07, 6.45) is -48.8. The lowest BCUT2D eigenvalue weighted by molar-refractivity contribution is -0.350. The van der Waals surface area contributed by atoms with Gasteiger partial charge in [0.25, 0.3) is 0 Å². The molecule has 0 bridgehead atoms. The molecule has 30 heteroatoms. The lowest BCUT2D eigenvalue weighted by Crippen LogP contribution is -2.63. The van der Waals surface area contributed by atoms with Gasteiger partial charge >= 0.3 is 0 Å². The largest absolute Gasteiger partial charge is 0.394 e. The predicted molar refractivity (Wildman–Crippen MR) is 203 cm³/mol. The van der Waals surface area contributed by atoms with E-state index in [0.717, 1.165) is 0 Å². The summed E-state index contributed by atoms with van der Waals surface area (Å²) in [5.41, 5.74) is 0. The zero-order valence-electron chi connectivity index (χ0n) is 35.6. The van der Waals surface area contributed by atoms with Crippen LogP contribution in [-0.2, 0) is 56.8 Å². The maximum Gasteiger partial charge on any atom is 0.186 e. The van der Waals surface area contributed by atoms with Gasteiger partial charge in [-0.05, 0) is 0 Å². The maximum absolute atomic E-state index is 10.7. The second-order valence-corrected chi connectivity index (χ2v) is 17.1. The van der Waals surface area contributed by atoms with Crippen LogP contribution in [0.3, 0.4) is 0 Å². The monoisotopic (exact) mass is 988 g/mol. The molecule has 6 fully saturated rings. The summed E-state index contributed by atoms with van der Waals surface area (Å²) in [6, 6.07) is 0. The van der Waals surface area contributed by atoms with Crippen LogP contribution in [0.15, 0.2) is 0 Å². The van der Waals surface area contributed by atoms with Gasteiger partial charge in [0.05, 0.1) is 45.7 Å². The molecule has 18 N–H and O–H groups in total. The Kier molecular flexibility index (Phi) is 19.8. The van der Waals surface area contributed by atoms with E-state index in [9.17, 15) is 91.9 Å². The quantitative estimate of drug-likeness (QED) is 0.0643. The first-order valence-corrected chi connectivity index (χ1v) is 21.4. The summed E-state index contributed by atoms with van der Waals surface area (Å²) in [6.45, 7) is -4.01. The number of hydrogen-bond acceptors (Lipinski definition) is 30. The van der Waals surface area contributed by atoms with Crippen molar-refractivity contribution in [1.82, 2.24) is 0 Å². The van der Waals surface area contributed by atoms with Crippen molar-refractivity contribution in [2.24, 2.45) is 0 Å². The molecule has 0 saturated carbocycles. The topological polar surface area (TPSA) is 475 Å². The van der Waals surface area contributed by atoms with Gasteiger partial charge in [-0.1, -0.05) is 0 Å². The Morgan fingerprint density at radius 1 is 0.299 bits per heavy atom. The third-order valence-electron chi connectivity index (χ3n) is 12.4. The van der Waals surface area contributed by atoms with Gasteiger partial charge in [-0.3, -0.25) is 0 Å². The molecule has 6 heterocycles. The van der Waals surface area contributed by atoms with Crippen LogP contribution in [0.4, 0.5) is 0 Å². The smallest absolute Gasteiger partial charge is 0.186 e. The number of rotatable bonds is 17. The molecule has 0 radical (unpaired) electrons. The number of hydrogen-bond donors (Lipinski definition) is 18. The molecule has 6 aliphatic heterocycles. The molecule has 67 heavy (non-hydrogen) atoms. The van der Waals surface area contributed by atoms with Crippen molar-refractivity contribution in [2.75, 3.05) is 46.8 Å². The van der Waals surface area contributed by atoms with E-state index in [0.29, 0.717) is 0 Å². The fourth-order valence-corrected chi connectivity index (χ4v) is 8.14. The molecule has 0 aliphatic carbocycles. The Labute approximate surface area is 380 Å². The second kappa shape index (κ2) is 24.0. The van der Waals surface area contributed by atoms with E-state index in [4.69, 9.17) is 56.8 Å². The maximum atomic E-state index is 10.7. The van der Waals surface area contributed by atoms with E-state index in [-0.39, 0.29) is 6.42 Å². The minimum Gasteiger partial charge on any atom is -0.394 e. The Morgan fingerprint density at radius 2 is 0.552 bits per heavy atom. The minimum atomic E-state index is -1.98. The van der Waals surface area contributed by atoms with Gasteiger partial charge in [-0.25, -0.2) is 0 Å². The highest BCUT2D eigenvalue weighted by Crippen LogP contribution is 2.31. The Morgan fingerprint density at radius 3 is 0.881 bits per heavy atom. The highest BCUT2D eigenvalue weighted by molar-refractivity contribution is 4.95. The van der Waals surface area contributed by atoms with E-state index in [1.165, 1.54) is 7.11 Å². The van der Waals surface area contributed by atoms with Gasteiger partial charge < -0.3 is 149 Å². The van der Waals surface area contributed by atoms with Crippen molar-refractivity contribution in [3.05, 3.63) is 0 Å². The van der Waals surface area contributed by atoms with Gasteiger partial charge in [-0.15, -0.1) is 0 Å². The van der Waals surface area contributed by atoms with Gasteiger partial charge in [0, 0.05) is 13.5 Å². The van der Waals surface area contributed by atoms with Gasteiger partial charge in [0.1, 0.15) is 134 Å². The van der Waals surface area contributed by atoms with E-state index >= 15 is 0 Å². The molecular weight excluding hydrogens is 924 g/mol. The summed E-state index contributed by atoms with van der Waals surface area (Å²) >= 11 is 0. The highest BCUT2D eigenvalue weighted by atomic mass is 16.8. The lowest BCUT2D eigenvalue weighted by atomic mass is 9.98. The Hall–Kier alpha value is -1.20. The molecule has 0 aromatic rings. The molecule has 0 aromatic heterocycles. The third kappa shape index (κ3) is 12.4. The third-order valence-corrected chi connectivity index (χ3v) is 12.4. The first kappa shape index (κ1) is 55.1. The number of aliphatic hydroxyl groups is 18. The minimum absolute atomic E-state index is 0.319. The molecule has 392 valence electrons. The van der Waals surface area contributed by atoms with Crippen LogP contribution in [-0.4, -0.2) is 317 Å². The van der Waals surface area contributed by atoms with E-state index in [2.05, 4.69) is 0 Å². The molecular formula is C37H64O30. The zero-order chi connectivity index (χ0) is 49.2. The van der Waals surface area contributed by atoms with Crippen LogP contribution in [0.5, 0.6) is 0 Å². The molecule has 0 spiro atoms. The van der Waals surface area contributed by atoms with Crippen molar-refractivity contribution in [3.63, 3.8) is 0 Å². The van der Waals surface area contributed by atoms with Gasteiger partial charge in [0.2, 0.25) is 0 Å². The average molecular weight is 989 g/mol. The van der Waals surface area contributed by atoms with Crippen LogP contribution in [0.1, 0.15) is 6.42 Å². The van der Waals surface area contributed by atoms with E-state index in [1.807, 2.05) is 0 Å². The standard InChI is InChI=1S/C37H64O30/c1-56-33-27(51)23(47)18(42)13(64-33)5-57-32-10(40)2-9(39)12(63-32)4-58-35-29(53)24(48)20(44)15(65-35)7-60-37-31(55)26(50)21(45)16(67-37)8-61-36-30(54)25(49)19(43)14(66-36)6-59-34-28(52)22(46)17(41)11(3-38)62-34/h9-55H,2-8H2,1H3/t9-,10+,11+,12?,13?,14?,15?,16?,17+,18+,19+,20+,21+,22-,23-,24-,25-,26-,27+,28+,29+,30+,31+,32+,33-,34+,35+,36+,37+/m0/s1. The first-order valence-electron chi connectivity index (χ1n) is 21.4. The van der Waals surface area contributed by atoms with Crippen LogP contribution >= 0.6 is 0 Å². The molecule has 30 nitrogen and oxygen atoms in total. The summed E-state index contributed by atoms with van der Waals surface area (Å²) < 4.78 is 65.7. The van der Waals surface area contributed by atoms with E-state index in [1.54, 1.807) is 0 Å².